The third-order valence-electron chi connectivity index (χ3n) is 6.02. The summed E-state index contributed by atoms with van der Waals surface area (Å²) in [5, 5.41) is 3.35. The van der Waals surface area contributed by atoms with Crippen molar-refractivity contribution in [1.29, 1.82) is 0 Å². The lowest BCUT2D eigenvalue weighted by molar-refractivity contribution is 0.165. The average Bonchev–Trinajstić information content (AvgIpc) is 2.70. The zero-order valence-corrected chi connectivity index (χ0v) is 18.7. The highest BCUT2D eigenvalue weighted by molar-refractivity contribution is 5.27. The van der Waals surface area contributed by atoms with Gasteiger partial charge in [0.2, 0.25) is 0 Å². The summed E-state index contributed by atoms with van der Waals surface area (Å²) in [4.78, 5) is 0. The van der Waals surface area contributed by atoms with Crippen molar-refractivity contribution in [3.8, 4) is 0 Å². The minimum absolute atomic E-state index is 0.306. The van der Waals surface area contributed by atoms with Crippen LogP contribution >= 0.6 is 0 Å². The molecule has 0 fully saturated rings. The lowest BCUT2D eigenvalue weighted by atomic mass is 9.76. The predicted octanol–water partition coefficient (Wildman–Crippen LogP) is 7.04. The molecule has 0 amide bonds. The molecule has 154 valence electrons. The van der Waals surface area contributed by atoms with E-state index < -0.39 is 0 Å². The molecule has 2 aromatic rings. The molecule has 1 N–H and O–H groups in total. The maximum atomic E-state index is 5.11. The van der Waals surface area contributed by atoms with Crippen LogP contribution in [0.1, 0.15) is 88.4 Å². The molecule has 2 heteroatoms. The summed E-state index contributed by atoms with van der Waals surface area (Å²) in [6.45, 7) is 12.3. The van der Waals surface area contributed by atoms with Gasteiger partial charge in [0, 0.05) is 13.2 Å². The molecule has 3 atom stereocenters. The van der Waals surface area contributed by atoms with Crippen LogP contribution in [-0.4, -0.2) is 13.8 Å². The lowest BCUT2D eigenvalue weighted by Gasteiger charge is -2.30. The molecule has 0 aliphatic heterocycles. The summed E-state index contributed by atoms with van der Waals surface area (Å²) in [6.07, 6.45) is 3.71. The van der Waals surface area contributed by atoms with Gasteiger partial charge in [0.25, 0.3) is 0 Å². The number of nitrogens with one attached hydrogen (secondary N) is 1. The molecule has 0 aliphatic rings. The molecule has 0 spiro atoms. The topological polar surface area (TPSA) is 21.3 Å². The van der Waals surface area contributed by atoms with E-state index in [2.05, 4.69) is 94.5 Å². The van der Waals surface area contributed by atoms with Crippen molar-refractivity contribution in [1.82, 2.24) is 5.32 Å². The summed E-state index contributed by atoms with van der Waals surface area (Å²) in [6, 6.07) is 20.3. The second kappa shape index (κ2) is 10.8. The quantitative estimate of drug-likeness (QED) is 0.421. The molecule has 28 heavy (non-hydrogen) atoms. The van der Waals surface area contributed by atoms with Gasteiger partial charge in [0.05, 0.1) is 6.73 Å². The first kappa shape index (κ1) is 22.6. The molecule has 0 aliphatic carbocycles. The maximum absolute atomic E-state index is 5.11. The van der Waals surface area contributed by atoms with Gasteiger partial charge in [0.1, 0.15) is 0 Å². The Hall–Kier alpha value is -1.64. The Bertz CT molecular complexity index is 677. The number of benzene rings is 2. The number of hydrogen-bond acceptors (Lipinski definition) is 2. The van der Waals surface area contributed by atoms with Gasteiger partial charge in [-0.3, -0.25) is 5.32 Å². The summed E-state index contributed by atoms with van der Waals surface area (Å²) >= 11 is 0. The molecule has 0 aromatic heterocycles. The van der Waals surface area contributed by atoms with Crippen LogP contribution in [-0.2, 0) is 4.74 Å². The summed E-state index contributed by atoms with van der Waals surface area (Å²) in [5.74, 6) is 1.19. The molecule has 0 saturated heterocycles. The standard InChI is InChI=1S/C26H39NO/c1-20(23-10-8-7-9-11-23)16-17-26(4,5)18-21(2)24-12-14-25(15-13-24)22(3)27-19-28-6/h7-15,20-22,27H,16-19H2,1-6H3. The van der Waals surface area contributed by atoms with E-state index in [-0.39, 0.29) is 0 Å². The van der Waals surface area contributed by atoms with Crippen LogP contribution in [0, 0.1) is 5.41 Å². The van der Waals surface area contributed by atoms with Gasteiger partial charge in [-0.15, -0.1) is 0 Å². The van der Waals surface area contributed by atoms with Crippen molar-refractivity contribution in [3.05, 3.63) is 71.3 Å². The SMILES string of the molecule is COCNC(C)c1ccc(C(C)CC(C)(C)CCC(C)c2ccccc2)cc1. The zero-order valence-electron chi connectivity index (χ0n) is 18.7. The van der Waals surface area contributed by atoms with Crippen LogP contribution in [0.15, 0.2) is 54.6 Å². The highest BCUT2D eigenvalue weighted by Crippen LogP contribution is 2.37. The molecule has 0 saturated carbocycles. The Kier molecular flexibility index (Phi) is 8.72. The Morgan fingerprint density at radius 1 is 0.821 bits per heavy atom. The van der Waals surface area contributed by atoms with E-state index in [1.165, 1.54) is 36.0 Å². The number of hydrogen-bond donors (Lipinski definition) is 1. The van der Waals surface area contributed by atoms with Crippen LogP contribution in [0.4, 0.5) is 0 Å². The molecule has 2 rings (SSSR count). The van der Waals surface area contributed by atoms with Crippen molar-refractivity contribution in [2.24, 2.45) is 5.41 Å². The summed E-state index contributed by atoms with van der Waals surface area (Å²) in [5.41, 5.74) is 4.54. The fourth-order valence-corrected chi connectivity index (χ4v) is 4.04. The first-order chi connectivity index (χ1) is 13.3. The van der Waals surface area contributed by atoms with Crippen molar-refractivity contribution in [3.63, 3.8) is 0 Å². The van der Waals surface area contributed by atoms with Crippen LogP contribution in [0.25, 0.3) is 0 Å². The number of ether oxygens (including phenoxy) is 1. The minimum atomic E-state index is 0.306. The van der Waals surface area contributed by atoms with Gasteiger partial charge in [-0.1, -0.05) is 82.3 Å². The van der Waals surface area contributed by atoms with Crippen LogP contribution < -0.4 is 5.32 Å². The zero-order chi connectivity index (χ0) is 20.6. The first-order valence-corrected chi connectivity index (χ1v) is 10.7. The largest absolute Gasteiger partial charge is 0.370 e. The Balaban J connectivity index is 1.88. The smallest absolute Gasteiger partial charge is 0.0966 e. The van der Waals surface area contributed by atoms with Crippen molar-refractivity contribution >= 4 is 0 Å². The van der Waals surface area contributed by atoms with Gasteiger partial charge in [-0.05, 0) is 60.1 Å². The van der Waals surface area contributed by atoms with E-state index in [0.29, 0.717) is 30.0 Å². The van der Waals surface area contributed by atoms with E-state index in [1.54, 1.807) is 7.11 Å². The molecule has 0 bridgehead atoms. The highest BCUT2D eigenvalue weighted by atomic mass is 16.5. The second-order valence-electron chi connectivity index (χ2n) is 9.15. The Morgan fingerprint density at radius 2 is 1.39 bits per heavy atom. The van der Waals surface area contributed by atoms with Crippen molar-refractivity contribution < 1.29 is 4.74 Å². The Morgan fingerprint density at radius 3 is 2.00 bits per heavy atom. The maximum Gasteiger partial charge on any atom is 0.0966 e. The van der Waals surface area contributed by atoms with E-state index in [9.17, 15) is 0 Å². The first-order valence-electron chi connectivity index (χ1n) is 10.7. The number of methoxy groups -OCH3 is 1. The molecule has 3 unspecified atom stereocenters. The van der Waals surface area contributed by atoms with Crippen LogP contribution in [0.3, 0.4) is 0 Å². The van der Waals surface area contributed by atoms with E-state index in [1.807, 2.05) is 0 Å². The van der Waals surface area contributed by atoms with Crippen LogP contribution in [0.5, 0.6) is 0 Å². The molecule has 0 radical (unpaired) electrons. The molecule has 2 aromatic carbocycles. The van der Waals surface area contributed by atoms with E-state index >= 15 is 0 Å². The third-order valence-corrected chi connectivity index (χ3v) is 6.02. The van der Waals surface area contributed by atoms with Crippen molar-refractivity contribution in [2.45, 2.75) is 71.8 Å². The monoisotopic (exact) mass is 381 g/mol. The third kappa shape index (κ3) is 7.07. The lowest BCUT2D eigenvalue weighted by Crippen LogP contribution is -2.21. The van der Waals surface area contributed by atoms with E-state index in [0.717, 1.165) is 0 Å². The van der Waals surface area contributed by atoms with Gasteiger partial charge in [-0.2, -0.15) is 0 Å². The van der Waals surface area contributed by atoms with Gasteiger partial charge in [0.15, 0.2) is 0 Å². The summed E-state index contributed by atoms with van der Waals surface area (Å²) in [7, 11) is 1.72. The highest BCUT2D eigenvalue weighted by Gasteiger charge is 2.23. The fraction of sp³-hybridized carbons (Fsp3) is 0.538. The molecular weight excluding hydrogens is 342 g/mol. The van der Waals surface area contributed by atoms with Gasteiger partial charge < -0.3 is 4.74 Å². The minimum Gasteiger partial charge on any atom is -0.370 e. The molecular formula is C26H39NO. The van der Waals surface area contributed by atoms with Gasteiger partial charge >= 0.3 is 0 Å². The van der Waals surface area contributed by atoms with Gasteiger partial charge in [-0.25, -0.2) is 0 Å². The van der Waals surface area contributed by atoms with E-state index in [4.69, 9.17) is 4.74 Å². The Labute approximate surface area is 172 Å². The van der Waals surface area contributed by atoms with Crippen molar-refractivity contribution in [2.75, 3.05) is 13.8 Å². The molecule has 0 heterocycles. The predicted molar refractivity (Wildman–Crippen MR) is 121 cm³/mol. The normalized spacial score (nSPS) is 15.2. The fourth-order valence-electron chi connectivity index (χ4n) is 4.04. The average molecular weight is 382 g/mol. The number of rotatable bonds is 11. The van der Waals surface area contributed by atoms with Crippen LogP contribution in [0.2, 0.25) is 0 Å². The summed E-state index contributed by atoms with van der Waals surface area (Å²) < 4.78 is 5.11. The second-order valence-corrected chi connectivity index (χ2v) is 9.15. The molecule has 2 nitrogen and oxygen atoms in total.